The largest absolute Gasteiger partial charge is 0.375 e. The molecule has 13 nitrogen and oxygen atoms in total. The maximum absolute atomic E-state index is 13.2. The van der Waals surface area contributed by atoms with Gasteiger partial charge in [-0.3, -0.25) is 29.2 Å². The third-order valence-corrected chi connectivity index (χ3v) is 20.4. The number of hydrogen-bond donors (Lipinski definition) is 1. The first-order valence-corrected chi connectivity index (χ1v) is 31.7. The molecule has 1 aromatic rings. The van der Waals surface area contributed by atoms with Crippen molar-refractivity contribution in [1.82, 2.24) is 29.5 Å². The molecule has 2 unspecified atom stereocenters. The summed E-state index contributed by atoms with van der Waals surface area (Å²) < 4.78 is 127. The van der Waals surface area contributed by atoms with Crippen LogP contribution in [0.3, 0.4) is 0 Å². The highest BCUT2D eigenvalue weighted by molar-refractivity contribution is 7.15. The smallest absolute Gasteiger partial charge is 0.250 e. The maximum Gasteiger partial charge on any atom is 0.250 e. The standard InChI is InChI=1S/C15H24F2N2.C13H21F2NO2.C12H17F2N3S.C11H17F2NO.C8H12O3/c16-15(17)7-11-19(12-8-15)14-5-3-13(4-6-14)18-9-1-2-10-18;14-12(15)5-7-16(8-6-12)11-1-3-13(4-2-11)17-9-10-18-13;13-12(14)3-5-17(6-4-12)8-1-2-9-10(7-8)18-11(15)16-9;12-11(13)5-7-14(8-6-11)9-1-3-10(15)4-2-9;9-7-1-3-8(4-2-7)10-5-6-11-8/h3,14H,1-2,4-12H2;11H,1-10H2;8H,1-7H2,(H2,15,16);9H,1-8H2;1-6H2. The van der Waals surface area contributed by atoms with E-state index in [1.165, 1.54) is 36.5 Å². The number of halogens is 8. The van der Waals surface area contributed by atoms with Gasteiger partial charge in [-0.25, -0.2) is 40.1 Å². The number of carbonyl (C=O) groups is 2. The van der Waals surface area contributed by atoms with Crippen LogP contribution >= 0.6 is 11.3 Å². The summed E-state index contributed by atoms with van der Waals surface area (Å²) in [5, 5.41) is 0.630. The second kappa shape index (κ2) is 27.9. The molecule has 2 atom stereocenters. The first-order chi connectivity index (χ1) is 38.6. The number of piperidine rings is 4. The lowest BCUT2D eigenvalue weighted by Gasteiger charge is -2.43. The van der Waals surface area contributed by atoms with E-state index in [9.17, 15) is 44.7 Å². The number of allylic oxidation sites excluding steroid dienone is 1. The average Bonchev–Trinajstić information content (AvgIpc) is 4.38. The van der Waals surface area contributed by atoms with E-state index in [2.05, 4.69) is 35.6 Å². The van der Waals surface area contributed by atoms with Crippen molar-refractivity contribution in [3.8, 4) is 0 Å². The number of thiazole rings is 1. The number of ketones is 2. The van der Waals surface area contributed by atoms with Crippen molar-refractivity contribution in [3.05, 3.63) is 22.3 Å². The Balaban J connectivity index is 0.000000123. The number of alkyl halides is 8. The van der Waals surface area contributed by atoms with Gasteiger partial charge in [-0.05, 0) is 77.0 Å². The van der Waals surface area contributed by atoms with Crippen LogP contribution in [0.15, 0.2) is 11.8 Å². The number of fused-ring (bicyclic) bond motifs is 1. The molecular weight excluding hydrogens is 1090 g/mol. The summed E-state index contributed by atoms with van der Waals surface area (Å²) in [6.07, 6.45) is 20.9. The van der Waals surface area contributed by atoms with Gasteiger partial charge in [-0.2, -0.15) is 0 Å². The van der Waals surface area contributed by atoms with Crippen LogP contribution in [0.4, 0.5) is 40.3 Å². The number of aromatic nitrogens is 1. The summed E-state index contributed by atoms with van der Waals surface area (Å²) in [4.78, 5) is 38.9. The second-order valence-electron chi connectivity index (χ2n) is 25.0. The second-order valence-corrected chi connectivity index (χ2v) is 26.1. The number of hydrogen-bond acceptors (Lipinski definition) is 14. The molecule has 22 heteroatoms. The van der Waals surface area contributed by atoms with E-state index in [0.29, 0.717) is 145 Å². The first kappa shape index (κ1) is 62.9. The lowest BCUT2D eigenvalue weighted by molar-refractivity contribution is -0.186. The molecule has 7 aliphatic heterocycles. The Morgan fingerprint density at radius 2 is 0.840 bits per heavy atom. The van der Waals surface area contributed by atoms with Crippen LogP contribution in [0.2, 0.25) is 0 Å². The summed E-state index contributed by atoms with van der Waals surface area (Å²) in [7, 11) is 0. The number of anilines is 1. The van der Waals surface area contributed by atoms with E-state index < -0.39 is 23.7 Å². The highest BCUT2D eigenvalue weighted by Gasteiger charge is 2.45. The average molecular weight is 1180 g/mol. The SMILES string of the molecule is FC1(F)CCN(C2CC=C(N3CCCC3)CC2)CC1.FC1(F)CCN(C2CCC3(CC2)OCCO3)CC1.Nc1nc2c(s1)CC(N1CCC(F)(F)CC1)CC2.O=C1CCC(N2CCC(F)(F)CC2)CC1.O=C1CCC2(CC1)OCCO2. The molecule has 0 radical (unpaired) electrons. The van der Waals surface area contributed by atoms with Crippen molar-refractivity contribution in [2.24, 2.45) is 0 Å². The number of ether oxygens (including phenoxy) is 4. The quantitative estimate of drug-likeness (QED) is 0.281. The zero-order valence-corrected chi connectivity index (χ0v) is 48.5. The molecule has 81 heavy (non-hydrogen) atoms. The first-order valence-electron chi connectivity index (χ1n) is 30.9. The predicted octanol–water partition coefficient (Wildman–Crippen LogP) is 11.1. The molecule has 13 rings (SSSR count). The van der Waals surface area contributed by atoms with Crippen LogP contribution in [0.5, 0.6) is 0 Å². The van der Waals surface area contributed by atoms with Crippen LogP contribution < -0.4 is 5.73 Å². The zero-order valence-electron chi connectivity index (χ0n) is 47.7. The molecule has 0 bridgehead atoms. The fourth-order valence-corrected chi connectivity index (χ4v) is 15.1. The fraction of sp³-hybridized carbons (Fsp3) is 0.881. The molecule has 3 saturated carbocycles. The van der Waals surface area contributed by atoms with Gasteiger partial charge in [0.2, 0.25) is 0 Å². The Labute approximate surface area is 478 Å². The lowest BCUT2D eigenvalue weighted by atomic mass is 9.88. The van der Waals surface area contributed by atoms with Crippen molar-refractivity contribution in [1.29, 1.82) is 0 Å². The normalized spacial score (nSPS) is 30.6. The van der Waals surface area contributed by atoms with E-state index in [4.69, 9.17) is 24.7 Å². The molecule has 7 saturated heterocycles. The van der Waals surface area contributed by atoms with Gasteiger partial charge in [0, 0.05) is 203 Å². The summed E-state index contributed by atoms with van der Waals surface area (Å²) in [5.41, 5.74) is 8.34. The minimum atomic E-state index is -2.46. The lowest BCUT2D eigenvalue weighted by Crippen LogP contribution is -2.48. The molecule has 10 fully saturated rings. The minimum Gasteiger partial charge on any atom is -0.375 e. The summed E-state index contributed by atoms with van der Waals surface area (Å²) in [6, 6.07) is 1.72. The number of Topliss-reactive ketones (excluding diaryl/α,β-unsaturated/α-hetero) is 2. The van der Waals surface area contributed by atoms with E-state index in [1.54, 1.807) is 11.3 Å². The van der Waals surface area contributed by atoms with Crippen LogP contribution in [0.1, 0.15) is 178 Å². The Morgan fingerprint density at radius 3 is 1.28 bits per heavy atom. The van der Waals surface area contributed by atoms with Gasteiger partial charge in [0.15, 0.2) is 16.7 Å². The van der Waals surface area contributed by atoms with Crippen molar-refractivity contribution in [2.75, 3.05) is 97.6 Å². The Morgan fingerprint density at radius 1 is 0.457 bits per heavy atom. The number of nitrogens with two attached hydrogens (primary N) is 1. The van der Waals surface area contributed by atoms with Crippen molar-refractivity contribution >= 4 is 28.0 Å². The van der Waals surface area contributed by atoms with Crippen LogP contribution in [0, 0.1) is 0 Å². The number of nitrogens with zero attached hydrogens (tertiary/aromatic N) is 6. The monoisotopic (exact) mass is 1180 g/mol. The zero-order chi connectivity index (χ0) is 57.3. The number of carbonyl (C=O) groups excluding carboxylic acids is 2. The van der Waals surface area contributed by atoms with Crippen LogP contribution in [-0.4, -0.2) is 192 Å². The number of nitrogen functional groups attached to an aromatic ring is 1. The van der Waals surface area contributed by atoms with Gasteiger partial charge in [-0.15, -0.1) is 11.3 Å². The van der Waals surface area contributed by atoms with E-state index in [0.717, 1.165) is 95.6 Å². The number of aryl methyl sites for hydroxylation is 1. The molecule has 1 aromatic heterocycles. The summed E-state index contributed by atoms with van der Waals surface area (Å²) in [6.45, 7) is 9.43. The fourth-order valence-electron chi connectivity index (χ4n) is 14.2. The van der Waals surface area contributed by atoms with Gasteiger partial charge in [0.1, 0.15) is 11.6 Å². The van der Waals surface area contributed by atoms with Crippen molar-refractivity contribution in [3.63, 3.8) is 0 Å². The van der Waals surface area contributed by atoms with E-state index >= 15 is 0 Å². The summed E-state index contributed by atoms with van der Waals surface area (Å²) >= 11 is 1.55. The molecule has 2 spiro atoms. The van der Waals surface area contributed by atoms with Crippen LogP contribution in [-0.2, 0) is 41.4 Å². The topological polar surface area (TPSA) is 126 Å². The van der Waals surface area contributed by atoms with Crippen molar-refractivity contribution < 1.29 is 63.7 Å². The third kappa shape index (κ3) is 18.2. The molecule has 5 aliphatic carbocycles. The van der Waals surface area contributed by atoms with Gasteiger partial charge in [0.25, 0.3) is 23.7 Å². The summed E-state index contributed by atoms with van der Waals surface area (Å²) in [5.74, 6) is -9.80. The molecule has 8 heterocycles. The Bertz CT molecular complexity index is 2160. The Kier molecular flexibility index (Phi) is 21.6. The number of rotatable bonds is 5. The molecule has 12 aliphatic rings. The Hall–Kier alpha value is -2.57. The van der Waals surface area contributed by atoms with Gasteiger partial charge in [0.05, 0.1) is 32.1 Å². The molecule has 0 amide bonds. The molecule has 0 aromatic carbocycles. The van der Waals surface area contributed by atoms with E-state index in [1.807, 2.05) is 0 Å². The van der Waals surface area contributed by atoms with Crippen molar-refractivity contribution in [2.45, 2.75) is 239 Å². The molecule has 2 N–H and O–H groups in total. The van der Waals surface area contributed by atoms with E-state index in [-0.39, 0.29) is 62.9 Å². The highest BCUT2D eigenvalue weighted by Crippen LogP contribution is 2.41. The minimum absolute atomic E-state index is 0.00118. The highest BCUT2D eigenvalue weighted by atomic mass is 32.1. The van der Waals surface area contributed by atoms with Gasteiger partial charge in [-0.1, -0.05) is 6.08 Å². The van der Waals surface area contributed by atoms with Crippen LogP contribution in [0.25, 0.3) is 0 Å². The van der Waals surface area contributed by atoms with Gasteiger partial charge >= 0.3 is 0 Å². The predicted molar refractivity (Wildman–Crippen MR) is 294 cm³/mol. The molecule has 460 valence electrons. The number of likely N-dealkylation sites (tertiary alicyclic amines) is 5. The maximum atomic E-state index is 13.2. The molecular formula is C59H91F8N7O6S. The van der Waals surface area contributed by atoms with Gasteiger partial charge < -0.3 is 29.6 Å². The third-order valence-electron chi connectivity index (χ3n) is 19.4.